The number of hydrogen-bond donors (Lipinski definition) is 1. The van der Waals surface area contributed by atoms with Crippen LogP contribution in [0.4, 0.5) is 0 Å². The number of furan rings is 1. The Kier molecular flexibility index (Phi) is 3.22. The van der Waals surface area contributed by atoms with Gasteiger partial charge in [-0.3, -0.25) is 0 Å². The fourth-order valence-electron chi connectivity index (χ4n) is 1.48. The van der Waals surface area contributed by atoms with E-state index < -0.39 is 0 Å². The van der Waals surface area contributed by atoms with Crippen LogP contribution in [0.5, 0.6) is 0 Å². The van der Waals surface area contributed by atoms with Crippen LogP contribution in [0.25, 0.3) is 6.20 Å². The van der Waals surface area contributed by atoms with Gasteiger partial charge in [-0.1, -0.05) is 6.58 Å². The SMILES string of the molecule is C=Cn1cc(CN[C@@H](C)c2ccco2)cn1. The second-order valence-electron chi connectivity index (χ2n) is 3.63. The predicted octanol–water partition coefficient (Wildman–Crippen LogP) is 2.43. The van der Waals surface area contributed by atoms with E-state index in [2.05, 4.69) is 23.9 Å². The maximum Gasteiger partial charge on any atom is 0.120 e. The Morgan fingerprint density at radius 1 is 1.69 bits per heavy atom. The van der Waals surface area contributed by atoms with Crippen molar-refractivity contribution in [3.63, 3.8) is 0 Å². The second-order valence-corrected chi connectivity index (χ2v) is 3.63. The zero-order valence-corrected chi connectivity index (χ0v) is 9.26. The summed E-state index contributed by atoms with van der Waals surface area (Å²) >= 11 is 0. The Morgan fingerprint density at radius 3 is 3.19 bits per heavy atom. The molecule has 0 spiro atoms. The van der Waals surface area contributed by atoms with E-state index in [-0.39, 0.29) is 6.04 Å². The molecule has 2 rings (SSSR count). The third kappa shape index (κ3) is 2.41. The van der Waals surface area contributed by atoms with Crippen molar-refractivity contribution in [3.05, 3.63) is 48.7 Å². The fourth-order valence-corrected chi connectivity index (χ4v) is 1.48. The summed E-state index contributed by atoms with van der Waals surface area (Å²) in [5.41, 5.74) is 1.12. The zero-order chi connectivity index (χ0) is 11.4. The molecule has 0 amide bonds. The molecule has 1 N–H and O–H groups in total. The highest BCUT2D eigenvalue weighted by molar-refractivity contribution is 5.17. The molecule has 0 aromatic carbocycles. The minimum absolute atomic E-state index is 0.196. The van der Waals surface area contributed by atoms with E-state index in [9.17, 15) is 0 Å². The van der Waals surface area contributed by atoms with Crippen molar-refractivity contribution in [2.45, 2.75) is 19.5 Å². The van der Waals surface area contributed by atoms with Crippen LogP contribution in [0, 0.1) is 0 Å². The lowest BCUT2D eigenvalue weighted by Crippen LogP contribution is -2.17. The first-order chi connectivity index (χ1) is 7.79. The smallest absolute Gasteiger partial charge is 0.120 e. The summed E-state index contributed by atoms with van der Waals surface area (Å²) in [7, 11) is 0. The summed E-state index contributed by atoms with van der Waals surface area (Å²) in [6, 6.07) is 4.05. The van der Waals surface area contributed by atoms with Crippen LogP contribution in [0.1, 0.15) is 24.3 Å². The van der Waals surface area contributed by atoms with Gasteiger partial charge in [-0.2, -0.15) is 5.10 Å². The molecule has 0 aliphatic carbocycles. The van der Waals surface area contributed by atoms with E-state index in [1.807, 2.05) is 24.5 Å². The van der Waals surface area contributed by atoms with Crippen LogP contribution < -0.4 is 5.32 Å². The quantitative estimate of drug-likeness (QED) is 0.836. The molecular weight excluding hydrogens is 202 g/mol. The van der Waals surface area contributed by atoms with Gasteiger partial charge in [0.1, 0.15) is 5.76 Å². The molecule has 84 valence electrons. The number of nitrogens with one attached hydrogen (secondary N) is 1. The Hall–Kier alpha value is -1.81. The summed E-state index contributed by atoms with van der Waals surface area (Å²) in [5, 5.41) is 7.47. The minimum atomic E-state index is 0.196. The monoisotopic (exact) mass is 217 g/mol. The van der Waals surface area contributed by atoms with E-state index in [0.717, 1.165) is 17.9 Å². The average Bonchev–Trinajstić information content (AvgIpc) is 2.96. The standard InChI is InChI=1S/C12H15N3O/c1-3-15-9-11(8-14-15)7-13-10(2)12-5-4-6-16-12/h3-6,8-10,13H,1,7H2,2H3/t10-/m0/s1. The van der Waals surface area contributed by atoms with Crippen molar-refractivity contribution in [1.29, 1.82) is 0 Å². The van der Waals surface area contributed by atoms with Gasteiger partial charge < -0.3 is 9.73 Å². The van der Waals surface area contributed by atoms with Crippen LogP contribution in [0.2, 0.25) is 0 Å². The van der Waals surface area contributed by atoms with E-state index in [1.165, 1.54) is 0 Å². The molecule has 0 radical (unpaired) electrons. The molecule has 0 saturated carbocycles. The van der Waals surface area contributed by atoms with E-state index in [4.69, 9.17) is 4.42 Å². The number of nitrogens with zero attached hydrogens (tertiary/aromatic N) is 2. The number of aromatic nitrogens is 2. The van der Waals surface area contributed by atoms with Crippen molar-refractivity contribution < 1.29 is 4.42 Å². The summed E-state index contributed by atoms with van der Waals surface area (Å²) in [4.78, 5) is 0. The zero-order valence-electron chi connectivity index (χ0n) is 9.26. The van der Waals surface area contributed by atoms with Crippen LogP contribution in [0.15, 0.2) is 41.8 Å². The first kappa shape index (κ1) is 10.7. The number of rotatable bonds is 5. The summed E-state index contributed by atoms with van der Waals surface area (Å²) in [6.45, 7) is 6.47. The molecule has 0 unspecified atom stereocenters. The topological polar surface area (TPSA) is 43.0 Å². The van der Waals surface area contributed by atoms with Gasteiger partial charge in [-0.15, -0.1) is 0 Å². The molecule has 16 heavy (non-hydrogen) atoms. The van der Waals surface area contributed by atoms with Gasteiger partial charge in [0.15, 0.2) is 0 Å². The van der Waals surface area contributed by atoms with Gasteiger partial charge in [-0.05, 0) is 19.1 Å². The summed E-state index contributed by atoms with van der Waals surface area (Å²) in [5.74, 6) is 0.941. The second kappa shape index (κ2) is 4.81. The lowest BCUT2D eigenvalue weighted by atomic mass is 10.2. The molecule has 0 saturated heterocycles. The molecule has 0 fully saturated rings. The van der Waals surface area contributed by atoms with Gasteiger partial charge >= 0.3 is 0 Å². The maximum atomic E-state index is 5.31. The van der Waals surface area contributed by atoms with Crippen LogP contribution in [-0.4, -0.2) is 9.78 Å². The number of hydrogen-bond acceptors (Lipinski definition) is 3. The van der Waals surface area contributed by atoms with Gasteiger partial charge in [0, 0.05) is 24.5 Å². The third-order valence-electron chi connectivity index (χ3n) is 2.42. The molecule has 1 atom stereocenters. The largest absolute Gasteiger partial charge is 0.468 e. The van der Waals surface area contributed by atoms with Gasteiger partial charge in [-0.25, -0.2) is 4.68 Å². The van der Waals surface area contributed by atoms with Crippen molar-refractivity contribution in [1.82, 2.24) is 15.1 Å². The highest BCUT2D eigenvalue weighted by Crippen LogP contribution is 2.12. The lowest BCUT2D eigenvalue weighted by molar-refractivity contribution is 0.430. The van der Waals surface area contributed by atoms with Gasteiger partial charge in [0.25, 0.3) is 0 Å². The minimum Gasteiger partial charge on any atom is -0.468 e. The molecule has 4 heteroatoms. The predicted molar refractivity (Wildman–Crippen MR) is 62.6 cm³/mol. The van der Waals surface area contributed by atoms with E-state index in [1.54, 1.807) is 17.1 Å². The Bertz CT molecular complexity index is 445. The van der Waals surface area contributed by atoms with E-state index in [0.29, 0.717) is 0 Å². The van der Waals surface area contributed by atoms with Gasteiger partial charge in [0.2, 0.25) is 0 Å². The highest BCUT2D eigenvalue weighted by atomic mass is 16.3. The molecule has 2 aromatic heterocycles. The summed E-state index contributed by atoms with van der Waals surface area (Å²) < 4.78 is 7.00. The molecule has 0 aliphatic rings. The summed E-state index contributed by atoms with van der Waals surface area (Å²) in [6.07, 6.45) is 7.11. The van der Waals surface area contributed by atoms with Crippen LogP contribution >= 0.6 is 0 Å². The van der Waals surface area contributed by atoms with Gasteiger partial charge in [0.05, 0.1) is 18.5 Å². The Morgan fingerprint density at radius 2 is 2.56 bits per heavy atom. The maximum absolute atomic E-state index is 5.31. The van der Waals surface area contributed by atoms with Crippen molar-refractivity contribution >= 4 is 6.20 Å². The van der Waals surface area contributed by atoms with Crippen molar-refractivity contribution in [2.75, 3.05) is 0 Å². The lowest BCUT2D eigenvalue weighted by Gasteiger charge is -2.09. The van der Waals surface area contributed by atoms with Crippen LogP contribution in [-0.2, 0) is 6.54 Å². The Labute approximate surface area is 94.6 Å². The molecular formula is C12H15N3O. The highest BCUT2D eigenvalue weighted by Gasteiger charge is 2.07. The molecule has 0 bridgehead atoms. The Balaban J connectivity index is 1.89. The first-order valence-electron chi connectivity index (χ1n) is 5.22. The van der Waals surface area contributed by atoms with E-state index >= 15 is 0 Å². The molecule has 4 nitrogen and oxygen atoms in total. The molecule has 2 heterocycles. The van der Waals surface area contributed by atoms with Crippen LogP contribution in [0.3, 0.4) is 0 Å². The third-order valence-corrected chi connectivity index (χ3v) is 2.42. The first-order valence-corrected chi connectivity index (χ1v) is 5.22. The average molecular weight is 217 g/mol. The van der Waals surface area contributed by atoms with Crippen molar-refractivity contribution in [3.8, 4) is 0 Å². The van der Waals surface area contributed by atoms with Crippen molar-refractivity contribution in [2.24, 2.45) is 0 Å². The normalized spacial score (nSPS) is 12.6. The fraction of sp³-hybridized carbons (Fsp3) is 0.250. The molecule has 0 aliphatic heterocycles. The molecule has 2 aromatic rings.